The topological polar surface area (TPSA) is 74.6 Å². The Morgan fingerprint density at radius 1 is 1.18 bits per heavy atom. The average molecular weight is 459 g/mol. The largest absolute Gasteiger partial charge is 0.441 e. The summed E-state index contributed by atoms with van der Waals surface area (Å²) >= 11 is 0. The number of hydrogen-bond acceptors (Lipinski definition) is 5. The number of hydrogen-bond donors (Lipinski definition) is 1. The lowest BCUT2D eigenvalue weighted by Gasteiger charge is -2.37. The van der Waals surface area contributed by atoms with Crippen molar-refractivity contribution in [3.8, 4) is 17.2 Å². The van der Waals surface area contributed by atoms with Gasteiger partial charge in [-0.1, -0.05) is 18.2 Å². The summed E-state index contributed by atoms with van der Waals surface area (Å²) in [6.07, 6.45) is -3.32. The van der Waals surface area contributed by atoms with Gasteiger partial charge in [0.1, 0.15) is 5.60 Å². The normalized spacial score (nSPS) is 18.1. The van der Waals surface area contributed by atoms with E-state index < -0.39 is 17.3 Å². The number of benzene rings is 2. The Kier molecular flexibility index (Phi) is 6.58. The van der Waals surface area contributed by atoms with E-state index in [1.807, 2.05) is 6.07 Å². The predicted molar refractivity (Wildman–Crippen MR) is 114 cm³/mol. The zero-order valence-corrected chi connectivity index (χ0v) is 18.0. The van der Waals surface area contributed by atoms with Crippen LogP contribution in [0.25, 0.3) is 11.1 Å². The number of halogens is 3. The molecule has 1 N–H and O–H groups in total. The van der Waals surface area contributed by atoms with Crippen LogP contribution in [0.15, 0.2) is 42.5 Å². The van der Waals surface area contributed by atoms with Gasteiger partial charge in [0.05, 0.1) is 37.0 Å². The number of nitrogens with one attached hydrogen (secondary N) is 1. The third kappa shape index (κ3) is 5.46. The van der Waals surface area contributed by atoms with E-state index in [4.69, 9.17) is 14.7 Å². The summed E-state index contributed by atoms with van der Waals surface area (Å²) in [5.74, 6) is 0. The van der Waals surface area contributed by atoms with E-state index in [1.165, 1.54) is 6.07 Å². The van der Waals surface area contributed by atoms with Gasteiger partial charge in [0.15, 0.2) is 0 Å². The van der Waals surface area contributed by atoms with Crippen molar-refractivity contribution in [3.63, 3.8) is 0 Å². The maximum Gasteiger partial charge on any atom is 0.416 e. The van der Waals surface area contributed by atoms with Crippen LogP contribution < -0.4 is 5.32 Å². The summed E-state index contributed by atoms with van der Waals surface area (Å²) in [5.41, 5.74) is 0.800. The Morgan fingerprint density at radius 3 is 2.64 bits per heavy atom. The minimum atomic E-state index is -4.46. The molecule has 2 saturated heterocycles. The van der Waals surface area contributed by atoms with Crippen molar-refractivity contribution in [2.45, 2.75) is 31.2 Å². The van der Waals surface area contributed by atoms with Crippen molar-refractivity contribution in [3.05, 3.63) is 59.2 Å². The average Bonchev–Trinajstić information content (AvgIpc) is 3.17. The van der Waals surface area contributed by atoms with Gasteiger partial charge in [0.25, 0.3) is 0 Å². The minimum Gasteiger partial charge on any atom is -0.441 e. The maximum absolute atomic E-state index is 13.3. The quantitative estimate of drug-likeness (QED) is 0.651. The maximum atomic E-state index is 13.3. The predicted octanol–water partition coefficient (Wildman–Crippen LogP) is 4.34. The van der Waals surface area contributed by atoms with Gasteiger partial charge in [-0.3, -0.25) is 0 Å². The first kappa shape index (κ1) is 23.1. The van der Waals surface area contributed by atoms with Gasteiger partial charge in [0, 0.05) is 32.5 Å². The highest BCUT2D eigenvalue weighted by Gasteiger charge is 2.42. The Balaban J connectivity index is 1.38. The highest BCUT2D eigenvalue weighted by molar-refractivity contribution is 5.70. The Bertz CT molecular complexity index is 1060. The summed E-state index contributed by atoms with van der Waals surface area (Å²) < 4.78 is 51.1. The number of rotatable bonds is 6. The standard InChI is InChI=1S/C24H24F3N3O3/c25-24(26,27)20-5-4-19(21(13-20)18-3-1-2-17(12-18)14-28)15-32-11-10-30-8-6-23(7-9-30)16-29-22(31)33-23/h1-5,12-13H,6-11,15-16H2,(H,29,31). The lowest BCUT2D eigenvalue weighted by atomic mass is 9.92. The molecule has 2 heterocycles. The molecule has 2 fully saturated rings. The fraction of sp³-hybridized carbons (Fsp3) is 0.417. The zero-order chi connectivity index (χ0) is 23.5. The van der Waals surface area contributed by atoms with Gasteiger partial charge in [-0.15, -0.1) is 0 Å². The number of alkyl halides is 3. The summed E-state index contributed by atoms with van der Waals surface area (Å²) in [5, 5.41) is 11.9. The van der Waals surface area contributed by atoms with Gasteiger partial charge in [-0.05, 0) is 41.0 Å². The number of likely N-dealkylation sites (tertiary alicyclic amines) is 1. The van der Waals surface area contributed by atoms with Crippen LogP contribution in [-0.4, -0.2) is 49.4 Å². The lowest BCUT2D eigenvalue weighted by molar-refractivity contribution is -0.137. The molecule has 0 aromatic heterocycles. The third-order valence-electron chi connectivity index (χ3n) is 6.18. The molecule has 1 amide bonds. The number of amides is 1. The molecule has 4 rings (SSSR count). The molecule has 2 aromatic carbocycles. The van der Waals surface area contributed by atoms with Crippen molar-refractivity contribution in [1.29, 1.82) is 5.26 Å². The molecule has 174 valence electrons. The van der Waals surface area contributed by atoms with E-state index in [2.05, 4.69) is 10.2 Å². The summed E-state index contributed by atoms with van der Waals surface area (Å²) in [7, 11) is 0. The van der Waals surface area contributed by atoms with E-state index in [9.17, 15) is 18.0 Å². The molecular formula is C24H24F3N3O3. The van der Waals surface area contributed by atoms with Crippen LogP contribution in [0.2, 0.25) is 0 Å². The van der Waals surface area contributed by atoms with Gasteiger partial charge >= 0.3 is 12.3 Å². The van der Waals surface area contributed by atoms with Crippen LogP contribution >= 0.6 is 0 Å². The van der Waals surface area contributed by atoms with Crippen LogP contribution in [0, 0.1) is 11.3 Å². The lowest BCUT2D eigenvalue weighted by Crippen LogP contribution is -2.47. The van der Waals surface area contributed by atoms with Crippen LogP contribution in [-0.2, 0) is 22.3 Å². The van der Waals surface area contributed by atoms with Crippen LogP contribution in [0.3, 0.4) is 0 Å². The summed E-state index contributed by atoms with van der Waals surface area (Å²) in [6.45, 7) is 3.36. The first-order valence-electron chi connectivity index (χ1n) is 10.8. The van der Waals surface area contributed by atoms with Gasteiger partial charge < -0.3 is 19.7 Å². The molecule has 0 bridgehead atoms. The van der Waals surface area contributed by atoms with E-state index in [1.54, 1.807) is 24.3 Å². The second kappa shape index (κ2) is 9.41. The first-order valence-corrected chi connectivity index (χ1v) is 10.8. The monoisotopic (exact) mass is 459 g/mol. The molecule has 0 aliphatic carbocycles. The first-order chi connectivity index (χ1) is 15.8. The summed E-state index contributed by atoms with van der Waals surface area (Å²) in [4.78, 5) is 13.6. The number of ether oxygens (including phenoxy) is 2. The number of carbonyl (C=O) groups is 1. The van der Waals surface area contributed by atoms with Crippen LogP contribution in [0.4, 0.5) is 18.0 Å². The zero-order valence-electron chi connectivity index (χ0n) is 18.0. The molecule has 2 aromatic rings. The minimum absolute atomic E-state index is 0.156. The van der Waals surface area contributed by atoms with Crippen molar-refractivity contribution < 1.29 is 27.4 Å². The number of piperidine rings is 1. The molecule has 0 saturated carbocycles. The molecule has 0 unspecified atom stereocenters. The van der Waals surface area contributed by atoms with Gasteiger partial charge in [-0.25, -0.2) is 4.79 Å². The molecule has 6 nitrogen and oxygen atoms in total. The van der Waals surface area contributed by atoms with Crippen LogP contribution in [0.1, 0.15) is 29.5 Å². The number of carbonyl (C=O) groups excluding carboxylic acids is 1. The second-order valence-corrected chi connectivity index (χ2v) is 8.38. The molecule has 2 aliphatic heterocycles. The van der Waals surface area contributed by atoms with Gasteiger partial charge in [-0.2, -0.15) is 18.4 Å². The smallest absolute Gasteiger partial charge is 0.416 e. The molecule has 0 radical (unpaired) electrons. The molecule has 9 heteroatoms. The van der Waals surface area contributed by atoms with E-state index in [0.29, 0.717) is 42.0 Å². The van der Waals surface area contributed by atoms with Crippen LogP contribution in [0.5, 0.6) is 0 Å². The van der Waals surface area contributed by atoms with Crippen molar-refractivity contribution >= 4 is 6.09 Å². The Morgan fingerprint density at radius 2 is 1.97 bits per heavy atom. The molecular weight excluding hydrogens is 435 g/mol. The number of nitrogens with zero attached hydrogens (tertiary/aromatic N) is 2. The highest BCUT2D eigenvalue weighted by atomic mass is 19.4. The molecule has 1 spiro atoms. The molecule has 0 atom stereocenters. The van der Waals surface area contributed by atoms with Crippen molar-refractivity contribution in [2.24, 2.45) is 0 Å². The molecule has 2 aliphatic rings. The van der Waals surface area contributed by atoms with Crippen molar-refractivity contribution in [1.82, 2.24) is 10.2 Å². The number of alkyl carbamates (subject to hydrolysis) is 1. The van der Waals surface area contributed by atoms with E-state index >= 15 is 0 Å². The van der Waals surface area contributed by atoms with E-state index in [-0.39, 0.29) is 12.7 Å². The SMILES string of the molecule is N#Cc1cccc(-c2cc(C(F)(F)F)ccc2COCCN2CCC3(CC2)CNC(=O)O3)c1. The third-order valence-corrected chi connectivity index (χ3v) is 6.18. The van der Waals surface area contributed by atoms with E-state index in [0.717, 1.165) is 38.1 Å². The van der Waals surface area contributed by atoms with Crippen molar-refractivity contribution in [2.75, 3.05) is 32.8 Å². The fourth-order valence-corrected chi connectivity index (χ4v) is 4.24. The number of nitriles is 1. The summed E-state index contributed by atoms with van der Waals surface area (Å²) in [6, 6.07) is 12.1. The fourth-order valence-electron chi connectivity index (χ4n) is 4.24. The highest BCUT2D eigenvalue weighted by Crippen LogP contribution is 2.35. The second-order valence-electron chi connectivity index (χ2n) is 8.38. The Hall–Kier alpha value is -3.09. The Labute approximate surface area is 189 Å². The molecule has 33 heavy (non-hydrogen) atoms. The van der Waals surface area contributed by atoms with Gasteiger partial charge in [0.2, 0.25) is 0 Å².